The van der Waals surface area contributed by atoms with Gasteiger partial charge in [0.1, 0.15) is 46.0 Å². The van der Waals surface area contributed by atoms with Gasteiger partial charge in [-0.05, 0) is 117 Å². The summed E-state index contributed by atoms with van der Waals surface area (Å²) in [6.07, 6.45) is 0. The normalized spacial score (nSPS) is 13.6. The zero-order chi connectivity index (χ0) is 45.0. The van der Waals surface area contributed by atoms with E-state index < -0.39 is 0 Å². The molecule has 0 bridgehead atoms. The molecule has 0 unspecified atom stereocenters. The summed E-state index contributed by atoms with van der Waals surface area (Å²) in [6.45, 7) is 4.55. The van der Waals surface area contributed by atoms with Crippen molar-refractivity contribution in [3.63, 3.8) is 0 Å². The molecule has 11 aromatic carbocycles. The van der Waals surface area contributed by atoms with Crippen LogP contribution in [0.2, 0.25) is 0 Å². The molecule has 0 saturated carbocycles. The SMILES string of the molecule is c1ccc(CN2Cc3cc(Oc4ccccc4)c4c5c(Oc6ccccc6)cc6c7c(cc(Oc8ccccc8)c(c8c(Oc9ccccc9)cc(c3c48)C2)c75)CN(Cc2ccccc2)C6)cc1. The molecule has 6 heteroatoms. The molecular formula is C62H46N2O4. The monoisotopic (exact) mass is 882 g/mol. The van der Waals surface area contributed by atoms with Gasteiger partial charge in [-0.15, -0.1) is 0 Å². The topological polar surface area (TPSA) is 43.4 Å². The van der Waals surface area contributed by atoms with Gasteiger partial charge < -0.3 is 18.9 Å². The van der Waals surface area contributed by atoms with E-state index in [4.69, 9.17) is 18.9 Å². The third kappa shape index (κ3) is 7.31. The molecular weight excluding hydrogens is 837 g/mol. The van der Waals surface area contributed by atoms with Crippen LogP contribution in [0.15, 0.2) is 206 Å². The van der Waals surface area contributed by atoms with E-state index >= 15 is 0 Å². The third-order valence-corrected chi connectivity index (χ3v) is 13.4. The summed E-state index contributed by atoms with van der Waals surface area (Å²) in [7, 11) is 0. The van der Waals surface area contributed by atoms with Crippen LogP contribution in [0.1, 0.15) is 33.4 Å². The highest BCUT2D eigenvalue weighted by Gasteiger charge is 2.34. The van der Waals surface area contributed by atoms with Gasteiger partial charge in [-0.2, -0.15) is 0 Å². The molecule has 0 aliphatic carbocycles. The highest BCUT2D eigenvalue weighted by molar-refractivity contribution is 6.39. The van der Waals surface area contributed by atoms with Gasteiger partial charge in [0.15, 0.2) is 0 Å². The van der Waals surface area contributed by atoms with E-state index in [-0.39, 0.29) is 0 Å². The molecule has 2 aliphatic rings. The largest absolute Gasteiger partial charge is 0.457 e. The van der Waals surface area contributed by atoms with Gasteiger partial charge in [0.2, 0.25) is 0 Å². The van der Waals surface area contributed by atoms with E-state index in [9.17, 15) is 0 Å². The van der Waals surface area contributed by atoms with Crippen LogP contribution in [0.4, 0.5) is 0 Å². The first-order valence-electron chi connectivity index (χ1n) is 23.4. The minimum atomic E-state index is 0.736. The summed E-state index contributed by atoms with van der Waals surface area (Å²) in [4.78, 5) is 5.04. The number of rotatable bonds is 12. The summed E-state index contributed by atoms with van der Waals surface area (Å²) in [5.74, 6) is 6.09. The molecule has 328 valence electrons. The summed E-state index contributed by atoms with van der Waals surface area (Å²) >= 11 is 0. The number of fused-ring (bicyclic) bond motifs is 2. The van der Waals surface area contributed by atoms with Crippen LogP contribution in [0.3, 0.4) is 0 Å². The Hall–Kier alpha value is -8.16. The van der Waals surface area contributed by atoms with Crippen molar-refractivity contribution in [3.05, 3.63) is 240 Å². The molecule has 13 rings (SSSR count). The van der Waals surface area contributed by atoms with E-state index in [1.807, 2.05) is 121 Å². The van der Waals surface area contributed by atoms with E-state index in [0.717, 1.165) is 118 Å². The molecule has 0 radical (unpaired) electrons. The Kier molecular flexibility index (Phi) is 9.99. The summed E-state index contributed by atoms with van der Waals surface area (Å²) in [5, 5.41) is 8.51. The number of hydrogen-bond acceptors (Lipinski definition) is 6. The fraction of sp³-hybridized carbons (Fsp3) is 0.0968. The molecule has 0 amide bonds. The predicted octanol–water partition coefficient (Wildman–Crippen LogP) is 15.9. The van der Waals surface area contributed by atoms with Crippen molar-refractivity contribution in [2.75, 3.05) is 0 Å². The highest BCUT2D eigenvalue weighted by atomic mass is 16.5. The van der Waals surface area contributed by atoms with Crippen LogP contribution in [0.25, 0.3) is 43.1 Å². The van der Waals surface area contributed by atoms with E-state index in [1.165, 1.54) is 44.2 Å². The Morgan fingerprint density at radius 2 is 0.500 bits per heavy atom. The first-order chi connectivity index (χ1) is 33.7. The molecule has 2 heterocycles. The molecule has 68 heavy (non-hydrogen) atoms. The van der Waals surface area contributed by atoms with Crippen molar-refractivity contribution in [2.24, 2.45) is 0 Å². The minimum absolute atomic E-state index is 0.736. The van der Waals surface area contributed by atoms with Gasteiger partial charge in [0.05, 0.1) is 0 Å². The lowest BCUT2D eigenvalue weighted by Crippen LogP contribution is -2.26. The first kappa shape index (κ1) is 40.1. The van der Waals surface area contributed by atoms with Gasteiger partial charge >= 0.3 is 0 Å². The lowest BCUT2D eigenvalue weighted by Gasteiger charge is -2.34. The molecule has 0 spiro atoms. The lowest BCUT2D eigenvalue weighted by atomic mass is 9.81. The van der Waals surface area contributed by atoms with Crippen molar-refractivity contribution >= 4 is 43.1 Å². The maximum atomic E-state index is 7.22. The Labute approximate surface area is 395 Å². The maximum absolute atomic E-state index is 7.22. The van der Waals surface area contributed by atoms with Gasteiger partial charge in [0, 0.05) is 71.6 Å². The summed E-state index contributed by atoms with van der Waals surface area (Å²) in [6, 6.07) is 71.3. The fourth-order valence-electron chi connectivity index (χ4n) is 10.8. The molecule has 0 N–H and O–H groups in total. The van der Waals surface area contributed by atoms with Gasteiger partial charge in [-0.3, -0.25) is 9.80 Å². The van der Waals surface area contributed by atoms with Crippen LogP contribution in [-0.4, -0.2) is 9.80 Å². The van der Waals surface area contributed by atoms with Gasteiger partial charge in [-0.25, -0.2) is 0 Å². The minimum Gasteiger partial charge on any atom is -0.457 e. The van der Waals surface area contributed by atoms with E-state index in [2.05, 4.69) is 94.7 Å². The third-order valence-electron chi connectivity index (χ3n) is 13.4. The van der Waals surface area contributed by atoms with Crippen molar-refractivity contribution in [1.29, 1.82) is 0 Å². The Morgan fingerprint density at radius 3 is 0.750 bits per heavy atom. The van der Waals surface area contributed by atoms with Crippen molar-refractivity contribution in [2.45, 2.75) is 39.3 Å². The number of nitrogens with zero attached hydrogens (tertiary/aromatic N) is 2. The van der Waals surface area contributed by atoms with Crippen LogP contribution in [0, 0.1) is 0 Å². The number of para-hydroxylation sites is 4. The van der Waals surface area contributed by atoms with Gasteiger partial charge in [-0.1, -0.05) is 133 Å². The maximum Gasteiger partial charge on any atom is 0.136 e. The Balaban J connectivity index is 1.18. The average Bonchev–Trinajstić information content (AvgIpc) is 3.37. The quantitative estimate of drug-likeness (QED) is 0.0900. The molecule has 0 atom stereocenters. The first-order valence-corrected chi connectivity index (χ1v) is 23.4. The average molecular weight is 883 g/mol. The zero-order valence-electron chi connectivity index (χ0n) is 37.4. The second-order valence-electron chi connectivity index (χ2n) is 18.1. The van der Waals surface area contributed by atoms with E-state index in [1.54, 1.807) is 0 Å². The zero-order valence-corrected chi connectivity index (χ0v) is 37.4. The molecule has 11 aromatic rings. The second kappa shape index (κ2) is 16.9. The highest BCUT2D eigenvalue weighted by Crippen LogP contribution is 2.58. The van der Waals surface area contributed by atoms with Crippen molar-refractivity contribution < 1.29 is 18.9 Å². The summed E-state index contributed by atoms with van der Waals surface area (Å²) in [5.41, 5.74) is 7.32. The molecule has 0 fully saturated rings. The Morgan fingerprint density at radius 1 is 0.265 bits per heavy atom. The lowest BCUT2D eigenvalue weighted by molar-refractivity contribution is 0.243. The standard InChI is InChI=1S/C62H46N2O4/c1-7-19-41(20-8-1)35-63-37-43-31-51(65-47-23-11-3-12-24-47)57-59-53(67-49-27-15-5-16-28-49)33-45-39-64(36-42-21-9-2-10-22-42)40-46-34-54(68-50-29-17-6-18-30-50)60(62(59)56(45)46)58-52(66-48-25-13-4-14-26-48)32-44(38-63)55(43)61(57)58/h1-34H,35-40H2. The van der Waals surface area contributed by atoms with Crippen LogP contribution in [0.5, 0.6) is 46.0 Å². The number of ether oxygens (including phenoxy) is 4. The van der Waals surface area contributed by atoms with Crippen molar-refractivity contribution in [1.82, 2.24) is 9.80 Å². The van der Waals surface area contributed by atoms with Crippen LogP contribution < -0.4 is 18.9 Å². The number of hydrogen-bond donors (Lipinski definition) is 0. The summed E-state index contributed by atoms with van der Waals surface area (Å²) < 4.78 is 28.9. The smallest absolute Gasteiger partial charge is 0.136 e. The molecule has 6 nitrogen and oxygen atoms in total. The van der Waals surface area contributed by atoms with Crippen LogP contribution >= 0.6 is 0 Å². The predicted molar refractivity (Wildman–Crippen MR) is 273 cm³/mol. The molecule has 0 aromatic heterocycles. The van der Waals surface area contributed by atoms with Crippen LogP contribution in [-0.2, 0) is 39.3 Å². The number of benzene rings is 11. The molecule has 0 saturated heterocycles. The fourth-order valence-corrected chi connectivity index (χ4v) is 10.8. The Bertz CT molecular complexity index is 3180. The van der Waals surface area contributed by atoms with Crippen molar-refractivity contribution in [3.8, 4) is 46.0 Å². The molecule has 2 aliphatic heterocycles. The van der Waals surface area contributed by atoms with Gasteiger partial charge in [0.25, 0.3) is 0 Å². The second-order valence-corrected chi connectivity index (χ2v) is 18.1. The van der Waals surface area contributed by atoms with E-state index in [0.29, 0.717) is 0 Å².